The second kappa shape index (κ2) is 9.11. The Labute approximate surface area is 179 Å². The van der Waals surface area contributed by atoms with Crippen LogP contribution < -0.4 is 5.32 Å². The van der Waals surface area contributed by atoms with Crippen molar-refractivity contribution in [3.63, 3.8) is 0 Å². The summed E-state index contributed by atoms with van der Waals surface area (Å²) >= 11 is 6.10. The van der Waals surface area contributed by atoms with Gasteiger partial charge in [0.25, 0.3) is 5.91 Å². The first-order valence-corrected chi connectivity index (χ1v) is 9.90. The molecule has 2 unspecified atom stereocenters. The second-order valence-corrected chi connectivity index (χ2v) is 7.69. The number of imidazole rings is 1. The number of benzene rings is 1. The van der Waals surface area contributed by atoms with Crippen molar-refractivity contribution in [3.05, 3.63) is 58.8 Å². The molecule has 2 heterocycles. The van der Waals surface area contributed by atoms with E-state index in [-0.39, 0.29) is 11.9 Å². The lowest BCUT2D eigenvalue weighted by Gasteiger charge is -2.13. The molecule has 1 amide bonds. The van der Waals surface area contributed by atoms with E-state index < -0.39 is 6.10 Å². The molecule has 0 aliphatic carbocycles. The van der Waals surface area contributed by atoms with Gasteiger partial charge >= 0.3 is 0 Å². The normalized spacial score (nSPS) is 12.9. The highest BCUT2D eigenvalue weighted by Gasteiger charge is 2.16. The molecule has 8 nitrogen and oxygen atoms in total. The van der Waals surface area contributed by atoms with Crippen LogP contribution in [0.4, 0.5) is 0 Å². The van der Waals surface area contributed by atoms with Crippen LogP contribution in [0, 0.1) is 18.3 Å². The topological polar surface area (TPSA) is 109 Å². The number of hydrogen-bond acceptors (Lipinski definition) is 5. The predicted octanol–water partition coefficient (Wildman–Crippen LogP) is 2.78. The van der Waals surface area contributed by atoms with Gasteiger partial charge in [0.05, 0.1) is 28.9 Å². The Hall–Kier alpha value is -3.15. The van der Waals surface area contributed by atoms with Crippen LogP contribution in [0.2, 0.25) is 5.02 Å². The highest BCUT2D eigenvalue weighted by Crippen LogP contribution is 2.24. The summed E-state index contributed by atoms with van der Waals surface area (Å²) in [7, 11) is 0. The summed E-state index contributed by atoms with van der Waals surface area (Å²) in [6, 6.07) is 8.88. The third-order valence-electron chi connectivity index (χ3n) is 4.53. The molecule has 2 atom stereocenters. The maximum atomic E-state index is 12.5. The first kappa shape index (κ1) is 21.6. The van der Waals surface area contributed by atoms with Gasteiger partial charge in [-0.1, -0.05) is 17.7 Å². The Balaban J connectivity index is 1.63. The average molecular weight is 427 g/mol. The number of aromatic nitrogens is 4. The summed E-state index contributed by atoms with van der Waals surface area (Å²) < 4.78 is 3.50. The number of nitrogens with zero attached hydrogens (tertiary/aromatic N) is 5. The molecular weight excluding hydrogens is 404 g/mol. The molecule has 0 saturated heterocycles. The molecule has 156 valence electrons. The largest absolute Gasteiger partial charge is 0.392 e. The highest BCUT2D eigenvalue weighted by atomic mass is 35.5. The first-order chi connectivity index (χ1) is 14.3. The molecule has 9 heteroatoms. The number of nitriles is 1. The van der Waals surface area contributed by atoms with Gasteiger partial charge in [-0.15, -0.1) is 0 Å². The van der Waals surface area contributed by atoms with Crippen LogP contribution in [-0.4, -0.2) is 42.5 Å². The lowest BCUT2D eigenvalue weighted by atomic mass is 10.1. The van der Waals surface area contributed by atoms with Crippen molar-refractivity contribution in [2.24, 2.45) is 0 Å². The molecule has 3 aromatic rings. The number of rotatable bonds is 7. The standard InChI is InChI=1S/C21H23ClN6O2/c1-13(24-21(30)20-12-27(11-14(2)29)15(3)25-20)10-28-7-6-19(26-28)16-4-5-17(9-23)18(22)8-16/h4-8,12-14,29H,10-11H2,1-3H3,(H,24,30). The SMILES string of the molecule is Cc1nc(C(=O)NC(C)Cn2ccc(-c3ccc(C#N)c(Cl)c3)n2)cn1CC(C)O. The summed E-state index contributed by atoms with van der Waals surface area (Å²) in [6.45, 7) is 6.23. The van der Waals surface area contributed by atoms with Crippen molar-refractivity contribution in [3.8, 4) is 17.3 Å². The number of nitrogens with one attached hydrogen (secondary N) is 1. The Morgan fingerprint density at radius 1 is 1.33 bits per heavy atom. The zero-order valence-electron chi connectivity index (χ0n) is 17.0. The van der Waals surface area contributed by atoms with Crippen molar-refractivity contribution < 1.29 is 9.90 Å². The fourth-order valence-electron chi connectivity index (χ4n) is 3.09. The number of carbonyl (C=O) groups is 1. The molecular formula is C21H23ClN6O2. The predicted molar refractivity (Wildman–Crippen MR) is 113 cm³/mol. The number of amides is 1. The van der Waals surface area contributed by atoms with Crippen molar-refractivity contribution >= 4 is 17.5 Å². The quantitative estimate of drug-likeness (QED) is 0.603. The summed E-state index contributed by atoms with van der Waals surface area (Å²) in [5.41, 5.74) is 2.27. The minimum atomic E-state index is -0.521. The van der Waals surface area contributed by atoms with Gasteiger partial charge in [0.2, 0.25) is 0 Å². The molecule has 0 aliphatic rings. The van der Waals surface area contributed by atoms with Crippen LogP contribution in [0.5, 0.6) is 0 Å². The summed E-state index contributed by atoms with van der Waals surface area (Å²) in [5, 5.41) is 26.3. The third kappa shape index (κ3) is 5.06. The van der Waals surface area contributed by atoms with Gasteiger partial charge in [0.15, 0.2) is 0 Å². The van der Waals surface area contributed by atoms with Gasteiger partial charge in [0, 0.05) is 30.5 Å². The van der Waals surface area contributed by atoms with Crippen LogP contribution in [0.3, 0.4) is 0 Å². The third-order valence-corrected chi connectivity index (χ3v) is 4.85. The minimum absolute atomic E-state index is 0.183. The Bertz CT molecular complexity index is 1100. The van der Waals surface area contributed by atoms with E-state index in [0.717, 1.165) is 11.3 Å². The summed E-state index contributed by atoms with van der Waals surface area (Å²) in [5.74, 6) is 0.396. The molecule has 0 radical (unpaired) electrons. The summed E-state index contributed by atoms with van der Waals surface area (Å²) in [6.07, 6.45) is 2.95. The highest BCUT2D eigenvalue weighted by molar-refractivity contribution is 6.32. The van der Waals surface area contributed by atoms with Gasteiger partial charge in [-0.3, -0.25) is 9.48 Å². The van der Waals surface area contributed by atoms with Gasteiger partial charge in [-0.2, -0.15) is 10.4 Å². The zero-order valence-corrected chi connectivity index (χ0v) is 17.8. The Kier molecular flexibility index (Phi) is 6.55. The van der Waals surface area contributed by atoms with Gasteiger partial charge < -0.3 is 15.0 Å². The van der Waals surface area contributed by atoms with Crippen LogP contribution in [-0.2, 0) is 13.1 Å². The fraction of sp³-hybridized carbons (Fsp3) is 0.333. The smallest absolute Gasteiger partial charge is 0.271 e. The number of carbonyl (C=O) groups excluding carboxylic acids is 1. The molecule has 0 aliphatic heterocycles. The van der Waals surface area contributed by atoms with Crippen molar-refractivity contribution in [2.45, 2.75) is 46.0 Å². The minimum Gasteiger partial charge on any atom is -0.392 e. The Morgan fingerprint density at radius 2 is 2.10 bits per heavy atom. The number of aliphatic hydroxyl groups excluding tert-OH is 1. The molecule has 2 N–H and O–H groups in total. The lowest BCUT2D eigenvalue weighted by molar-refractivity contribution is 0.0931. The molecule has 0 fully saturated rings. The van der Waals surface area contributed by atoms with Crippen molar-refractivity contribution in [1.29, 1.82) is 5.26 Å². The van der Waals surface area contributed by atoms with Crippen LogP contribution in [0.15, 0.2) is 36.7 Å². The lowest BCUT2D eigenvalue weighted by Crippen LogP contribution is -2.36. The van der Waals surface area contributed by atoms with E-state index in [1.165, 1.54) is 0 Å². The van der Waals surface area contributed by atoms with E-state index in [1.54, 1.807) is 47.5 Å². The van der Waals surface area contributed by atoms with E-state index in [4.69, 9.17) is 16.9 Å². The summed E-state index contributed by atoms with van der Waals surface area (Å²) in [4.78, 5) is 16.8. The molecule has 0 saturated carbocycles. The number of aryl methyl sites for hydroxylation is 1. The molecule has 1 aromatic carbocycles. The van der Waals surface area contributed by atoms with Gasteiger partial charge in [-0.25, -0.2) is 4.98 Å². The van der Waals surface area contributed by atoms with E-state index in [9.17, 15) is 9.90 Å². The number of hydrogen-bond donors (Lipinski definition) is 2. The Morgan fingerprint density at radius 3 is 2.77 bits per heavy atom. The maximum Gasteiger partial charge on any atom is 0.271 e. The van der Waals surface area contributed by atoms with E-state index in [1.807, 2.05) is 25.3 Å². The molecule has 0 spiro atoms. The number of aliphatic hydroxyl groups is 1. The molecule has 2 aromatic heterocycles. The average Bonchev–Trinajstić information content (AvgIpc) is 3.28. The fourth-order valence-corrected chi connectivity index (χ4v) is 3.32. The first-order valence-electron chi connectivity index (χ1n) is 9.53. The molecule has 30 heavy (non-hydrogen) atoms. The van der Waals surface area contributed by atoms with Gasteiger partial charge in [0.1, 0.15) is 17.6 Å². The van der Waals surface area contributed by atoms with E-state index in [2.05, 4.69) is 15.4 Å². The molecule has 0 bridgehead atoms. The van der Waals surface area contributed by atoms with Crippen LogP contribution >= 0.6 is 11.6 Å². The second-order valence-electron chi connectivity index (χ2n) is 7.28. The van der Waals surface area contributed by atoms with Crippen LogP contribution in [0.1, 0.15) is 35.7 Å². The van der Waals surface area contributed by atoms with Crippen LogP contribution in [0.25, 0.3) is 11.3 Å². The van der Waals surface area contributed by atoms with Gasteiger partial charge in [-0.05, 0) is 39.0 Å². The number of halogens is 1. The van der Waals surface area contributed by atoms with Crippen molar-refractivity contribution in [2.75, 3.05) is 0 Å². The molecule has 3 rings (SSSR count). The monoisotopic (exact) mass is 426 g/mol. The van der Waals surface area contributed by atoms with E-state index in [0.29, 0.717) is 35.2 Å². The zero-order chi connectivity index (χ0) is 21.8. The maximum absolute atomic E-state index is 12.5. The van der Waals surface area contributed by atoms with Crippen molar-refractivity contribution in [1.82, 2.24) is 24.6 Å². The van der Waals surface area contributed by atoms with E-state index >= 15 is 0 Å².